The molecule has 0 atom stereocenters. The fourth-order valence-electron chi connectivity index (χ4n) is 2.99. The third-order valence-corrected chi connectivity index (χ3v) is 4.58. The number of nitrogens with one attached hydrogen (secondary N) is 2. The number of ether oxygens (including phenoxy) is 1. The highest BCUT2D eigenvalue weighted by molar-refractivity contribution is 6.35. The molecular weight excluding hydrogens is 388 g/mol. The van der Waals surface area contributed by atoms with Crippen molar-refractivity contribution in [3.8, 4) is 0 Å². The summed E-state index contributed by atoms with van der Waals surface area (Å²) in [7, 11) is 0. The maximum absolute atomic E-state index is 12.3. The second-order valence-electron chi connectivity index (χ2n) is 7.39. The molecule has 0 unspecified atom stereocenters. The Morgan fingerprint density at radius 2 is 1.63 bits per heavy atom. The molecule has 2 rings (SSSR count). The van der Waals surface area contributed by atoms with Crippen LogP contribution >= 0.6 is 0 Å². The van der Waals surface area contributed by atoms with Gasteiger partial charge in [-0.05, 0) is 25.8 Å². The Kier molecular flexibility index (Phi) is 9.11. The molecule has 4 amide bonds. The number of rotatable bonds is 7. The average molecular weight is 418 g/mol. The smallest absolute Gasteiger partial charge is 0.407 e. The van der Waals surface area contributed by atoms with Gasteiger partial charge in [-0.1, -0.05) is 30.3 Å². The molecular formula is C21H30N4O5. The van der Waals surface area contributed by atoms with Crippen LogP contribution in [0.1, 0.15) is 32.3 Å². The van der Waals surface area contributed by atoms with Gasteiger partial charge in [-0.2, -0.15) is 0 Å². The normalized spacial score (nSPS) is 13.7. The van der Waals surface area contributed by atoms with E-state index in [4.69, 9.17) is 4.74 Å². The lowest BCUT2D eigenvalue weighted by Gasteiger charge is -2.34. The van der Waals surface area contributed by atoms with Gasteiger partial charge in [0.1, 0.15) is 6.61 Å². The first kappa shape index (κ1) is 23.2. The zero-order chi connectivity index (χ0) is 21.9. The minimum atomic E-state index is -0.616. The van der Waals surface area contributed by atoms with E-state index in [2.05, 4.69) is 10.6 Å². The summed E-state index contributed by atoms with van der Waals surface area (Å²) < 4.78 is 5.11. The van der Waals surface area contributed by atoms with E-state index in [1.54, 1.807) is 18.7 Å². The van der Waals surface area contributed by atoms with Gasteiger partial charge < -0.3 is 25.2 Å². The molecule has 1 heterocycles. The molecule has 0 radical (unpaired) electrons. The van der Waals surface area contributed by atoms with Crippen LogP contribution < -0.4 is 10.6 Å². The van der Waals surface area contributed by atoms with Crippen molar-refractivity contribution >= 4 is 23.8 Å². The van der Waals surface area contributed by atoms with Gasteiger partial charge in [-0.15, -0.1) is 0 Å². The number of hydrogen-bond acceptors (Lipinski definition) is 5. The number of nitrogens with zero attached hydrogens (tertiary/aromatic N) is 2. The second-order valence-corrected chi connectivity index (χ2v) is 7.39. The number of piperazine rings is 1. The van der Waals surface area contributed by atoms with E-state index in [-0.39, 0.29) is 18.6 Å². The number of amides is 4. The van der Waals surface area contributed by atoms with Gasteiger partial charge in [0.15, 0.2) is 0 Å². The Balaban J connectivity index is 1.59. The summed E-state index contributed by atoms with van der Waals surface area (Å²) in [6, 6.07) is 9.28. The Morgan fingerprint density at radius 3 is 2.27 bits per heavy atom. The number of hydrogen-bond donors (Lipinski definition) is 2. The molecule has 1 fully saturated rings. The van der Waals surface area contributed by atoms with Crippen LogP contribution in [0, 0.1) is 0 Å². The summed E-state index contributed by atoms with van der Waals surface area (Å²) in [4.78, 5) is 51.0. The molecule has 1 aromatic carbocycles. The summed E-state index contributed by atoms with van der Waals surface area (Å²) in [6.07, 6.45) is 0.272. The van der Waals surface area contributed by atoms with Crippen molar-refractivity contribution in [2.24, 2.45) is 0 Å². The van der Waals surface area contributed by atoms with Crippen molar-refractivity contribution in [3.05, 3.63) is 35.9 Å². The van der Waals surface area contributed by atoms with E-state index in [9.17, 15) is 19.2 Å². The van der Waals surface area contributed by atoms with Crippen LogP contribution in [0.15, 0.2) is 30.3 Å². The number of carbonyl (C=O) groups is 4. The van der Waals surface area contributed by atoms with Gasteiger partial charge in [0.2, 0.25) is 5.91 Å². The SMILES string of the molecule is CC(C)NC(=O)C(=O)N1CCN(C(=O)CCCNC(=O)OCc2ccccc2)CC1. The minimum absolute atomic E-state index is 0.0341. The molecule has 2 N–H and O–H groups in total. The van der Waals surface area contributed by atoms with Crippen LogP contribution in [-0.2, 0) is 25.7 Å². The highest BCUT2D eigenvalue weighted by Gasteiger charge is 2.27. The molecule has 1 aliphatic rings. The first-order valence-electron chi connectivity index (χ1n) is 10.2. The van der Waals surface area contributed by atoms with E-state index in [1.807, 2.05) is 30.3 Å². The van der Waals surface area contributed by atoms with Crippen LogP contribution in [0.25, 0.3) is 0 Å². The Morgan fingerprint density at radius 1 is 1.00 bits per heavy atom. The lowest BCUT2D eigenvalue weighted by atomic mass is 10.2. The van der Waals surface area contributed by atoms with Crippen molar-refractivity contribution in [1.82, 2.24) is 20.4 Å². The summed E-state index contributed by atoms with van der Waals surface area (Å²) in [6.45, 7) is 5.58. The summed E-state index contributed by atoms with van der Waals surface area (Å²) >= 11 is 0. The van der Waals surface area contributed by atoms with Gasteiger partial charge in [-0.3, -0.25) is 14.4 Å². The van der Waals surface area contributed by atoms with E-state index in [0.29, 0.717) is 45.6 Å². The van der Waals surface area contributed by atoms with E-state index >= 15 is 0 Å². The van der Waals surface area contributed by atoms with Crippen LogP contribution in [0.5, 0.6) is 0 Å². The van der Waals surface area contributed by atoms with Crippen molar-refractivity contribution in [2.75, 3.05) is 32.7 Å². The number of alkyl carbamates (subject to hydrolysis) is 1. The number of carbonyl (C=O) groups excluding carboxylic acids is 4. The van der Waals surface area contributed by atoms with Gasteiger partial charge in [0.25, 0.3) is 0 Å². The van der Waals surface area contributed by atoms with Crippen molar-refractivity contribution in [1.29, 1.82) is 0 Å². The maximum atomic E-state index is 12.3. The quantitative estimate of drug-likeness (QED) is 0.505. The third kappa shape index (κ3) is 7.73. The molecule has 1 saturated heterocycles. The lowest BCUT2D eigenvalue weighted by molar-refractivity contribution is -0.148. The summed E-state index contributed by atoms with van der Waals surface area (Å²) in [5.74, 6) is -1.21. The summed E-state index contributed by atoms with van der Waals surface area (Å²) in [5.41, 5.74) is 0.905. The molecule has 0 saturated carbocycles. The van der Waals surface area contributed by atoms with Crippen LogP contribution in [-0.4, -0.2) is 72.4 Å². The van der Waals surface area contributed by atoms with Crippen LogP contribution in [0.3, 0.4) is 0 Å². The highest BCUT2D eigenvalue weighted by Crippen LogP contribution is 2.06. The largest absolute Gasteiger partial charge is 0.445 e. The fraction of sp³-hybridized carbons (Fsp3) is 0.524. The topological polar surface area (TPSA) is 108 Å². The Hall–Kier alpha value is -3.10. The zero-order valence-corrected chi connectivity index (χ0v) is 17.6. The van der Waals surface area contributed by atoms with Gasteiger partial charge >= 0.3 is 17.9 Å². The molecule has 0 aliphatic carbocycles. The Bertz CT molecular complexity index is 730. The molecule has 9 heteroatoms. The predicted molar refractivity (Wildman–Crippen MR) is 110 cm³/mol. The van der Waals surface area contributed by atoms with Crippen LogP contribution in [0.2, 0.25) is 0 Å². The second kappa shape index (κ2) is 11.8. The minimum Gasteiger partial charge on any atom is -0.445 e. The summed E-state index contributed by atoms with van der Waals surface area (Å²) in [5, 5.41) is 5.21. The fourth-order valence-corrected chi connectivity index (χ4v) is 2.99. The standard InChI is InChI=1S/C21H30N4O5/c1-16(2)23-19(27)20(28)25-13-11-24(12-14-25)18(26)9-6-10-22-21(29)30-15-17-7-4-3-5-8-17/h3-5,7-8,16H,6,9-15H2,1-2H3,(H,22,29)(H,23,27). The molecule has 0 spiro atoms. The van der Waals surface area contributed by atoms with Crippen LogP contribution in [0.4, 0.5) is 4.79 Å². The maximum Gasteiger partial charge on any atom is 0.407 e. The van der Waals surface area contributed by atoms with E-state index < -0.39 is 17.9 Å². The molecule has 1 aliphatic heterocycles. The van der Waals surface area contributed by atoms with Crippen molar-refractivity contribution in [2.45, 2.75) is 39.3 Å². The highest BCUT2D eigenvalue weighted by atomic mass is 16.5. The third-order valence-electron chi connectivity index (χ3n) is 4.58. The van der Waals surface area contributed by atoms with Crippen molar-refractivity contribution < 1.29 is 23.9 Å². The van der Waals surface area contributed by atoms with Gasteiger partial charge in [0.05, 0.1) is 0 Å². The van der Waals surface area contributed by atoms with Gasteiger partial charge in [-0.25, -0.2) is 4.79 Å². The Labute approximate surface area is 176 Å². The number of benzene rings is 1. The predicted octanol–water partition coefficient (Wildman–Crippen LogP) is 0.888. The van der Waals surface area contributed by atoms with Crippen molar-refractivity contribution in [3.63, 3.8) is 0 Å². The van der Waals surface area contributed by atoms with E-state index in [0.717, 1.165) is 5.56 Å². The average Bonchev–Trinajstić information content (AvgIpc) is 2.75. The monoisotopic (exact) mass is 418 g/mol. The van der Waals surface area contributed by atoms with E-state index in [1.165, 1.54) is 4.90 Å². The molecule has 164 valence electrons. The zero-order valence-electron chi connectivity index (χ0n) is 17.6. The first-order chi connectivity index (χ1) is 14.4. The molecule has 1 aromatic rings. The lowest BCUT2D eigenvalue weighted by Crippen LogP contribution is -2.54. The molecule has 0 bridgehead atoms. The molecule has 0 aromatic heterocycles. The van der Waals surface area contributed by atoms with Gasteiger partial charge in [0, 0.05) is 45.2 Å². The molecule has 30 heavy (non-hydrogen) atoms. The first-order valence-corrected chi connectivity index (χ1v) is 10.2. The molecule has 9 nitrogen and oxygen atoms in total.